The van der Waals surface area contributed by atoms with Gasteiger partial charge in [-0.25, -0.2) is 0 Å². The Kier molecular flexibility index (Phi) is 2.17. The van der Waals surface area contributed by atoms with Gasteiger partial charge in [-0.3, -0.25) is 0 Å². The molecule has 0 aliphatic carbocycles. The van der Waals surface area contributed by atoms with E-state index in [-0.39, 0.29) is 5.38 Å². The molecule has 0 aromatic heterocycles. The van der Waals surface area contributed by atoms with E-state index in [1.807, 2.05) is 19.1 Å². The fraction of sp³-hybridized carbons (Fsp3) is 0.429. The van der Waals surface area contributed by atoms with E-state index in [0.717, 1.165) is 5.57 Å². The van der Waals surface area contributed by atoms with Crippen molar-refractivity contribution in [2.75, 3.05) is 6.61 Å². The van der Waals surface area contributed by atoms with E-state index in [0.29, 0.717) is 6.61 Å². The topological polar surface area (TPSA) is 9.23 Å². The number of rotatable bonds is 1. The zero-order valence-electron chi connectivity index (χ0n) is 5.30. The van der Waals surface area contributed by atoms with Gasteiger partial charge in [0, 0.05) is 0 Å². The predicted molar refractivity (Wildman–Crippen MR) is 38.5 cm³/mol. The Labute approximate surface area is 60.0 Å². The molecule has 1 atom stereocenters. The van der Waals surface area contributed by atoms with Gasteiger partial charge >= 0.3 is 0 Å². The summed E-state index contributed by atoms with van der Waals surface area (Å²) in [6.07, 6.45) is 5.55. The first-order chi connectivity index (χ1) is 4.30. The zero-order valence-corrected chi connectivity index (χ0v) is 6.06. The highest BCUT2D eigenvalue weighted by molar-refractivity contribution is 6.22. The van der Waals surface area contributed by atoms with Gasteiger partial charge in [-0.15, -0.1) is 11.6 Å². The Morgan fingerprint density at radius 3 is 2.89 bits per heavy atom. The largest absolute Gasteiger partial charge is 0.497 e. The van der Waals surface area contributed by atoms with Crippen molar-refractivity contribution in [3.63, 3.8) is 0 Å². The minimum Gasteiger partial charge on any atom is -0.497 e. The molecule has 9 heavy (non-hydrogen) atoms. The molecule has 0 saturated heterocycles. The summed E-state index contributed by atoms with van der Waals surface area (Å²) in [5, 5.41) is 0.102. The van der Waals surface area contributed by atoms with Crippen LogP contribution in [0.25, 0.3) is 0 Å². The Morgan fingerprint density at radius 1 is 1.78 bits per heavy atom. The highest BCUT2D eigenvalue weighted by Crippen LogP contribution is 2.12. The third kappa shape index (κ3) is 1.75. The third-order valence-electron chi connectivity index (χ3n) is 1.23. The van der Waals surface area contributed by atoms with E-state index in [2.05, 4.69) is 0 Å². The lowest BCUT2D eigenvalue weighted by molar-refractivity contribution is 0.284. The lowest BCUT2D eigenvalue weighted by Crippen LogP contribution is -2.00. The maximum absolute atomic E-state index is 5.78. The fourth-order valence-corrected chi connectivity index (χ4v) is 0.851. The van der Waals surface area contributed by atoms with Gasteiger partial charge in [0.05, 0.1) is 11.6 Å². The zero-order chi connectivity index (χ0) is 6.69. The summed E-state index contributed by atoms with van der Waals surface area (Å²) in [7, 11) is 0. The molecule has 0 fully saturated rings. The first kappa shape index (κ1) is 6.69. The molecule has 0 bridgehead atoms. The van der Waals surface area contributed by atoms with Crippen LogP contribution in [0.2, 0.25) is 0 Å². The van der Waals surface area contributed by atoms with Crippen LogP contribution in [0.5, 0.6) is 0 Å². The lowest BCUT2D eigenvalue weighted by atomic mass is 10.2. The minimum atomic E-state index is 0.102. The minimum absolute atomic E-state index is 0.102. The van der Waals surface area contributed by atoms with Gasteiger partial charge < -0.3 is 4.74 Å². The number of hydrogen-bond acceptors (Lipinski definition) is 1. The summed E-state index contributed by atoms with van der Waals surface area (Å²) in [4.78, 5) is 0. The number of alkyl halides is 1. The second-order valence-corrected chi connectivity index (χ2v) is 2.61. The molecule has 1 heterocycles. The molecule has 1 unspecified atom stereocenters. The van der Waals surface area contributed by atoms with Crippen molar-refractivity contribution in [1.29, 1.82) is 0 Å². The summed E-state index contributed by atoms with van der Waals surface area (Å²) in [6.45, 7) is 2.60. The molecule has 0 saturated carbocycles. The van der Waals surface area contributed by atoms with Gasteiger partial charge in [0.2, 0.25) is 0 Å². The van der Waals surface area contributed by atoms with Crippen molar-refractivity contribution in [3.8, 4) is 0 Å². The first-order valence-electron chi connectivity index (χ1n) is 2.93. The number of allylic oxidation sites excluding steroid dienone is 2. The molecular formula is C7H9ClO. The van der Waals surface area contributed by atoms with Crippen molar-refractivity contribution in [3.05, 3.63) is 24.0 Å². The SMILES string of the molecule is CC(Cl)C1=CCOC=C1. The van der Waals surface area contributed by atoms with Gasteiger partial charge in [0.15, 0.2) is 0 Å². The smallest absolute Gasteiger partial charge is 0.106 e. The summed E-state index contributed by atoms with van der Waals surface area (Å²) in [6, 6.07) is 0. The summed E-state index contributed by atoms with van der Waals surface area (Å²) in [5.41, 5.74) is 1.14. The Morgan fingerprint density at radius 2 is 2.56 bits per heavy atom. The average Bonchev–Trinajstić information content (AvgIpc) is 1.90. The van der Waals surface area contributed by atoms with Gasteiger partial charge in [-0.05, 0) is 24.6 Å². The van der Waals surface area contributed by atoms with Crippen molar-refractivity contribution in [1.82, 2.24) is 0 Å². The molecular weight excluding hydrogens is 136 g/mol. The molecule has 0 aromatic carbocycles. The van der Waals surface area contributed by atoms with Gasteiger partial charge in [0.25, 0.3) is 0 Å². The molecule has 2 heteroatoms. The number of ether oxygens (including phenoxy) is 1. The highest BCUT2D eigenvalue weighted by atomic mass is 35.5. The maximum Gasteiger partial charge on any atom is 0.106 e. The van der Waals surface area contributed by atoms with Gasteiger partial charge in [0.1, 0.15) is 6.61 Å². The predicted octanol–water partition coefficient (Wildman–Crippen LogP) is 2.08. The molecule has 1 aliphatic rings. The summed E-state index contributed by atoms with van der Waals surface area (Å²) in [5.74, 6) is 0. The molecule has 1 rings (SSSR count). The van der Waals surface area contributed by atoms with Crippen LogP contribution < -0.4 is 0 Å². The lowest BCUT2D eigenvalue weighted by Gasteiger charge is -2.08. The molecule has 0 spiro atoms. The third-order valence-corrected chi connectivity index (χ3v) is 1.48. The molecule has 0 aromatic rings. The van der Waals surface area contributed by atoms with Crippen LogP contribution >= 0.6 is 11.6 Å². The molecule has 0 radical (unpaired) electrons. The van der Waals surface area contributed by atoms with Gasteiger partial charge in [-0.2, -0.15) is 0 Å². The molecule has 0 amide bonds. The molecule has 0 N–H and O–H groups in total. The van der Waals surface area contributed by atoms with Crippen LogP contribution in [0.4, 0.5) is 0 Å². The standard InChI is InChI=1S/C7H9ClO/c1-6(8)7-2-4-9-5-3-7/h2-4,6H,5H2,1H3. The van der Waals surface area contributed by atoms with E-state index in [1.165, 1.54) is 0 Å². The van der Waals surface area contributed by atoms with Crippen LogP contribution in [-0.4, -0.2) is 12.0 Å². The molecule has 50 valence electrons. The van der Waals surface area contributed by atoms with E-state index in [1.54, 1.807) is 6.26 Å². The van der Waals surface area contributed by atoms with Crippen LogP contribution in [0.15, 0.2) is 24.0 Å². The van der Waals surface area contributed by atoms with E-state index < -0.39 is 0 Å². The van der Waals surface area contributed by atoms with Gasteiger partial charge in [-0.1, -0.05) is 0 Å². The van der Waals surface area contributed by atoms with E-state index in [4.69, 9.17) is 16.3 Å². The first-order valence-corrected chi connectivity index (χ1v) is 3.36. The van der Waals surface area contributed by atoms with Crippen LogP contribution in [0.1, 0.15) is 6.92 Å². The van der Waals surface area contributed by atoms with Crippen LogP contribution in [0, 0.1) is 0 Å². The normalized spacial score (nSPS) is 20.4. The molecule has 1 aliphatic heterocycles. The Hall–Kier alpha value is -0.430. The van der Waals surface area contributed by atoms with Crippen molar-refractivity contribution >= 4 is 11.6 Å². The Balaban J connectivity index is 2.58. The second kappa shape index (κ2) is 2.92. The fourth-order valence-electron chi connectivity index (χ4n) is 0.690. The average molecular weight is 145 g/mol. The van der Waals surface area contributed by atoms with Crippen LogP contribution in [-0.2, 0) is 4.74 Å². The maximum atomic E-state index is 5.78. The second-order valence-electron chi connectivity index (χ2n) is 1.96. The van der Waals surface area contributed by atoms with Crippen molar-refractivity contribution < 1.29 is 4.74 Å². The summed E-state index contributed by atoms with van der Waals surface area (Å²) >= 11 is 5.78. The number of halogens is 1. The molecule has 1 nitrogen and oxygen atoms in total. The van der Waals surface area contributed by atoms with E-state index >= 15 is 0 Å². The quantitative estimate of drug-likeness (QED) is 0.512. The summed E-state index contributed by atoms with van der Waals surface area (Å²) < 4.78 is 4.93. The van der Waals surface area contributed by atoms with Crippen molar-refractivity contribution in [2.24, 2.45) is 0 Å². The van der Waals surface area contributed by atoms with Crippen LogP contribution in [0.3, 0.4) is 0 Å². The number of hydrogen-bond donors (Lipinski definition) is 0. The highest BCUT2D eigenvalue weighted by Gasteiger charge is 2.02. The van der Waals surface area contributed by atoms with E-state index in [9.17, 15) is 0 Å². The Bertz CT molecular complexity index is 147. The monoisotopic (exact) mass is 144 g/mol. The van der Waals surface area contributed by atoms with Crippen molar-refractivity contribution in [2.45, 2.75) is 12.3 Å².